The van der Waals surface area contributed by atoms with Gasteiger partial charge in [0.15, 0.2) is 5.69 Å². The number of carboxylic acids is 1. The molecule has 0 saturated heterocycles. The molecule has 1 heterocycles. The van der Waals surface area contributed by atoms with Gasteiger partial charge in [-0.05, 0) is 23.8 Å². The summed E-state index contributed by atoms with van der Waals surface area (Å²) in [6, 6.07) is 7.39. The van der Waals surface area contributed by atoms with Crippen molar-refractivity contribution in [2.75, 3.05) is 5.32 Å². The predicted octanol–water partition coefficient (Wildman–Crippen LogP) is 3.18. The van der Waals surface area contributed by atoms with Crippen molar-refractivity contribution in [2.45, 2.75) is 6.54 Å². The maximum Gasteiger partial charge on any atom is 0.356 e. The maximum absolute atomic E-state index is 12.7. The van der Waals surface area contributed by atoms with Crippen LogP contribution in [0.3, 0.4) is 0 Å². The Bertz CT molecular complexity index is 602. The van der Waals surface area contributed by atoms with Crippen molar-refractivity contribution in [3.63, 3.8) is 0 Å². The first-order valence-corrected chi connectivity index (χ1v) is 5.81. The molecule has 6 heteroatoms. The molecular weight excluding hydrogens is 271 g/mol. The van der Waals surface area contributed by atoms with E-state index in [4.69, 9.17) is 16.7 Å². The second-order valence-electron chi connectivity index (χ2n) is 3.83. The van der Waals surface area contributed by atoms with Gasteiger partial charge < -0.3 is 10.4 Å². The zero-order chi connectivity index (χ0) is 13.8. The molecule has 98 valence electrons. The van der Waals surface area contributed by atoms with Crippen molar-refractivity contribution in [1.82, 2.24) is 4.98 Å². The number of rotatable bonds is 4. The lowest BCUT2D eigenvalue weighted by molar-refractivity contribution is 0.0691. The minimum absolute atomic E-state index is 0.105. The van der Waals surface area contributed by atoms with Gasteiger partial charge in [0.1, 0.15) is 5.82 Å². The lowest BCUT2D eigenvalue weighted by Crippen LogP contribution is -2.08. The number of anilines is 1. The summed E-state index contributed by atoms with van der Waals surface area (Å²) >= 11 is 5.78. The molecule has 0 saturated carbocycles. The summed E-state index contributed by atoms with van der Waals surface area (Å²) in [5, 5.41) is 12.3. The van der Waals surface area contributed by atoms with Crippen LogP contribution in [0.15, 0.2) is 36.5 Å². The molecule has 0 spiro atoms. The molecule has 2 rings (SSSR count). The van der Waals surface area contributed by atoms with Gasteiger partial charge in [-0.1, -0.05) is 23.7 Å². The average molecular weight is 281 g/mol. The van der Waals surface area contributed by atoms with Gasteiger partial charge in [0.2, 0.25) is 0 Å². The van der Waals surface area contributed by atoms with Crippen molar-refractivity contribution in [3.8, 4) is 0 Å². The summed E-state index contributed by atoms with van der Waals surface area (Å²) in [6.45, 7) is 0.350. The van der Waals surface area contributed by atoms with Gasteiger partial charge >= 0.3 is 5.97 Å². The molecule has 0 fully saturated rings. The van der Waals surface area contributed by atoms with Gasteiger partial charge in [0, 0.05) is 12.7 Å². The van der Waals surface area contributed by atoms with Crippen LogP contribution in [0.1, 0.15) is 16.1 Å². The Kier molecular flexibility index (Phi) is 3.97. The van der Waals surface area contributed by atoms with Gasteiger partial charge in [-0.25, -0.2) is 14.2 Å². The fourth-order valence-electron chi connectivity index (χ4n) is 1.54. The van der Waals surface area contributed by atoms with Gasteiger partial charge in [-0.15, -0.1) is 0 Å². The number of aromatic nitrogens is 1. The van der Waals surface area contributed by atoms with Crippen LogP contribution in [0.25, 0.3) is 0 Å². The van der Waals surface area contributed by atoms with E-state index in [9.17, 15) is 9.18 Å². The highest BCUT2D eigenvalue weighted by atomic mass is 35.5. The molecule has 2 N–H and O–H groups in total. The molecule has 0 aliphatic carbocycles. The van der Waals surface area contributed by atoms with Crippen LogP contribution < -0.4 is 5.32 Å². The van der Waals surface area contributed by atoms with Gasteiger partial charge in [0.25, 0.3) is 0 Å². The summed E-state index contributed by atoms with van der Waals surface area (Å²) in [5.41, 5.74) is 1.04. The molecule has 1 aromatic carbocycles. The fourth-order valence-corrected chi connectivity index (χ4v) is 1.70. The number of aromatic carboxylic acids is 1. The van der Waals surface area contributed by atoms with E-state index < -0.39 is 5.97 Å². The lowest BCUT2D eigenvalue weighted by Gasteiger charge is -2.09. The third kappa shape index (κ3) is 3.42. The Morgan fingerprint density at radius 3 is 2.68 bits per heavy atom. The number of benzene rings is 1. The highest BCUT2D eigenvalue weighted by Gasteiger charge is 2.12. The quantitative estimate of drug-likeness (QED) is 0.903. The van der Waals surface area contributed by atoms with E-state index in [1.807, 2.05) is 0 Å². The zero-order valence-corrected chi connectivity index (χ0v) is 10.5. The smallest absolute Gasteiger partial charge is 0.356 e. The van der Waals surface area contributed by atoms with E-state index in [0.29, 0.717) is 17.3 Å². The molecule has 0 atom stereocenters. The number of pyridine rings is 1. The van der Waals surface area contributed by atoms with Crippen molar-refractivity contribution in [1.29, 1.82) is 0 Å². The molecule has 2 aromatic rings. The largest absolute Gasteiger partial charge is 0.476 e. The molecular formula is C13H10ClFN2O2. The average Bonchev–Trinajstić information content (AvgIpc) is 2.38. The van der Waals surface area contributed by atoms with Crippen molar-refractivity contribution in [3.05, 3.63) is 58.6 Å². The Hall–Kier alpha value is -2.14. The molecule has 0 amide bonds. The Balaban J connectivity index is 2.16. The standard InChI is InChI=1S/C13H10ClFN2O2/c14-9-5-11(12(13(18)19)17-7-9)16-6-8-1-3-10(15)4-2-8/h1-5,7,16H,6H2,(H,18,19). The van der Waals surface area contributed by atoms with Gasteiger partial charge in [0.05, 0.1) is 10.7 Å². The van der Waals surface area contributed by atoms with Crippen LogP contribution in [0.4, 0.5) is 10.1 Å². The number of hydrogen-bond acceptors (Lipinski definition) is 3. The lowest BCUT2D eigenvalue weighted by atomic mass is 10.2. The Morgan fingerprint density at radius 1 is 1.37 bits per heavy atom. The summed E-state index contributed by atoms with van der Waals surface area (Å²) in [4.78, 5) is 14.7. The predicted molar refractivity (Wildman–Crippen MR) is 69.9 cm³/mol. The third-order valence-electron chi connectivity index (χ3n) is 2.45. The normalized spacial score (nSPS) is 10.2. The van der Waals surface area contributed by atoms with Crippen molar-refractivity contribution >= 4 is 23.3 Å². The number of nitrogens with one attached hydrogen (secondary N) is 1. The Morgan fingerprint density at radius 2 is 2.05 bits per heavy atom. The van der Waals surface area contributed by atoms with E-state index in [1.54, 1.807) is 12.1 Å². The first kappa shape index (κ1) is 13.3. The van der Waals surface area contributed by atoms with Crippen LogP contribution in [-0.4, -0.2) is 16.1 Å². The number of carbonyl (C=O) groups is 1. The molecule has 0 aliphatic rings. The number of nitrogens with zero attached hydrogens (tertiary/aromatic N) is 1. The minimum Gasteiger partial charge on any atom is -0.476 e. The van der Waals surface area contributed by atoms with Crippen LogP contribution in [0, 0.1) is 5.82 Å². The van der Waals surface area contributed by atoms with Crippen LogP contribution >= 0.6 is 11.6 Å². The van der Waals surface area contributed by atoms with E-state index >= 15 is 0 Å². The molecule has 0 bridgehead atoms. The summed E-state index contributed by atoms with van der Waals surface area (Å²) in [7, 11) is 0. The second kappa shape index (κ2) is 5.67. The van der Waals surface area contributed by atoms with Crippen molar-refractivity contribution in [2.24, 2.45) is 0 Å². The molecule has 19 heavy (non-hydrogen) atoms. The number of carboxylic acid groups (broad SMARTS) is 1. The van der Waals surface area contributed by atoms with E-state index in [2.05, 4.69) is 10.3 Å². The number of halogens is 2. The minimum atomic E-state index is -1.14. The topological polar surface area (TPSA) is 62.2 Å². The maximum atomic E-state index is 12.7. The van der Waals surface area contributed by atoms with E-state index in [-0.39, 0.29) is 11.5 Å². The highest BCUT2D eigenvalue weighted by Crippen LogP contribution is 2.19. The summed E-state index contributed by atoms with van der Waals surface area (Å²) in [5.74, 6) is -1.46. The monoisotopic (exact) mass is 280 g/mol. The molecule has 0 aliphatic heterocycles. The zero-order valence-electron chi connectivity index (χ0n) is 9.73. The molecule has 0 radical (unpaired) electrons. The van der Waals surface area contributed by atoms with E-state index in [0.717, 1.165) is 5.56 Å². The summed E-state index contributed by atoms with van der Waals surface area (Å²) in [6.07, 6.45) is 1.27. The molecule has 1 aromatic heterocycles. The van der Waals surface area contributed by atoms with Crippen LogP contribution in [0.2, 0.25) is 5.02 Å². The van der Waals surface area contributed by atoms with Crippen LogP contribution in [0.5, 0.6) is 0 Å². The van der Waals surface area contributed by atoms with Crippen LogP contribution in [-0.2, 0) is 6.54 Å². The first-order chi connectivity index (χ1) is 9.06. The summed E-state index contributed by atoms with van der Waals surface area (Å²) < 4.78 is 12.7. The van der Waals surface area contributed by atoms with Gasteiger partial charge in [-0.3, -0.25) is 0 Å². The van der Waals surface area contributed by atoms with Crippen molar-refractivity contribution < 1.29 is 14.3 Å². The molecule has 4 nitrogen and oxygen atoms in total. The fraction of sp³-hybridized carbons (Fsp3) is 0.0769. The van der Waals surface area contributed by atoms with E-state index in [1.165, 1.54) is 24.4 Å². The molecule has 0 unspecified atom stereocenters. The first-order valence-electron chi connectivity index (χ1n) is 5.43. The Labute approximate surface area is 113 Å². The highest BCUT2D eigenvalue weighted by molar-refractivity contribution is 6.30. The number of hydrogen-bond donors (Lipinski definition) is 2. The SMILES string of the molecule is O=C(O)c1ncc(Cl)cc1NCc1ccc(F)cc1. The van der Waals surface area contributed by atoms with Gasteiger partial charge in [-0.2, -0.15) is 0 Å². The third-order valence-corrected chi connectivity index (χ3v) is 2.66. The second-order valence-corrected chi connectivity index (χ2v) is 4.27.